The summed E-state index contributed by atoms with van der Waals surface area (Å²) in [5.41, 5.74) is 0.409. The van der Waals surface area contributed by atoms with Crippen molar-refractivity contribution < 1.29 is 28.6 Å². The van der Waals surface area contributed by atoms with E-state index in [0.29, 0.717) is 49.9 Å². The predicted molar refractivity (Wildman–Crippen MR) is 124 cm³/mol. The molecule has 184 valence electrons. The standard InChI is InChI=1S/C24H37N3O6/c1-24(2,3)33-23(30)26-16-22(29)27-12-10-18(11-13-27)15-25-21(28)9-7-17-6-8-19(31-4)20(14-17)32-5/h6,8,14,18H,7,9-13,15-16H2,1-5H3,(H,25,28)(H,26,30). The summed E-state index contributed by atoms with van der Waals surface area (Å²) in [5.74, 6) is 1.52. The molecule has 1 fully saturated rings. The van der Waals surface area contributed by atoms with Crippen molar-refractivity contribution in [2.24, 2.45) is 5.92 Å². The Morgan fingerprint density at radius 1 is 1.03 bits per heavy atom. The molecule has 0 unspecified atom stereocenters. The Balaban J connectivity index is 1.65. The number of likely N-dealkylation sites (tertiary alicyclic amines) is 1. The molecule has 0 aromatic heterocycles. The summed E-state index contributed by atoms with van der Waals surface area (Å²) in [4.78, 5) is 38.0. The SMILES string of the molecule is COc1ccc(CCC(=O)NCC2CCN(C(=O)CNC(=O)OC(C)(C)C)CC2)cc1OC. The summed E-state index contributed by atoms with van der Waals surface area (Å²) in [6, 6.07) is 5.65. The van der Waals surface area contributed by atoms with Gasteiger partial charge >= 0.3 is 6.09 Å². The molecular weight excluding hydrogens is 426 g/mol. The van der Waals surface area contributed by atoms with E-state index in [2.05, 4.69) is 10.6 Å². The van der Waals surface area contributed by atoms with Gasteiger partial charge in [-0.15, -0.1) is 0 Å². The van der Waals surface area contributed by atoms with Gasteiger partial charge in [0.25, 0.3) is 0 Å². The first-order valence-electron chi connectivity index (χ1n) is 11.3. The molecule has 1 saturated heterocycles. The molecule has 1 aliphatic heterocycles. The predicted octanol–water partition coefficient (Wildman–Crippen LogP) is 2.52. The van der Waals surface area contributed by atoms with E-state index in [1.807, 2.05) is 18.2 Å². The third kappa shape index (κ3) is 9.19. The lowest BCUT2D eigenvalue weighted by molar-refractivity contribution is -0.131. The normalized spacial score (nSPS) is 14.4. The number of carbonyl (C=O) groups excluding carboxylic acids is 3. The van der Waals surface area contributed by atoms with Gasteiger partial charge in [0, 0.05) is 26.1 Å². The van der Waals surface area contributed by atoms with Crippen LogP contribution in [0.2, 0.25) is 0 Å². The quantitative estimate of drug-likeness (QED) is 0.583. The Morgan fingerprint density at radius 2 is 1.70 bits per heavy atom. The summed E-state index contributed by atoms with van der Waals surface area (Å²) in [6.07, 6.45) is 2.04. The third-order valence-electron chi connectivity index (χ3n) is 5.43. The van der Waals surface area contributed by atoms with Gasteiger partial charge in [-0.05, 0) is 63.6 Å². The smallest absolute Gasteiger partial charge is 0.408 e. The zero-order valence-corrected chi connectivity index (χ0v) is 20.4. The van der Waals surface area contributed by atoms with Crippen LogP contribution in [0.15, 0.2) is 18.2 Å². The number of alkyl carbamates (subject to hydrolysis) is 1. The molecule has 0 atom stereocenters. The number of nitrogens with zero attached hydrogens (tertiary/aromatic N) is 1. The van der Waals surface area contributed by atoms with Gasteiger partial charge in [0.05, 0.1) is 14.2 Å². The van der Waals surface area contributed by atoms with Gasteiger partial charge in [-0.25, -0.2) is 4.79 Å². The van der Waals surface area contributed by atoms with Gasteiger partial charge in [-0.3, -0.25) is 9.59 Å². The summed E-state index contributed by atoms with van der Waals surface area (Å²) in [6.45, 7) is 7.06. The van der Waals surface area contributed by atoms with Crippen molar-refractivity contribution in [3.8, 4) is 11.5 Å². The maximum atomic E-state index is 12.3. The van der Waals surface area contributed by atoms with Crippen LogP contribution in [-0.2, 0) is 20.7 Å². The number of hydrogen-bond donors (Lipinski definition) is 2. The highest BCUT2D eigenvalue weighted by Crippen LogP contribution is 2.28. The average Bonchev–Trinajstić information content (AvgIpc) is 2.78. The van der Waals surface area contributed by atoms with E-state index < -0.39 is 11.7 Å². The molecule has 9 heteroatoms. The minimum absolute atomic E-state index is 0.00449. The second-order valence-electron chi connectivity index (χ2n) is 9.17. The molecule has 1 aromatic rings. The molecule has 1 aromatic carbocycles. The van der Waals surface area contributed by atoms with Crippen LogP contribution >= 0.6 is 0 Å². The number of aryl methyl sites for hydroxylation is 1. The molecule has 0 bridgehead atoms. The van der Waals surface area contributed by atoms with E-state index in [9.17, 15) is 14.4 Å². The molecule has 0 saturated carbocycles. The van der Waals surface area contributed by atoms with Crippen LogP contribution < -0.4 is 20.1 Å². The largest absolute Gasteiger partial charge is 0.493 e. The molecule has 1 aliphatic rings. The van der Waals surface area contributed by atoms with Crippen LogP contribution in [-0.4, -0.2) is 68.8 Å². The average molecular weight is 464 g/mol. The molecule has 9 nitrogen and oxygen atoms in total. The van der Waals surface area contributed by atoms with Crippen molar-refractivity contribution in [2.45, 2.75) is 52.1 Å². The molecule has 0 radical (unpaired) electrons. The Bertz CT molecular complexity index is 813. The van der Waals surface area contributed by atoms with Crippen LogP contribution in [0.3, 0.4) is 0 Å². The summed E-state index contributed by atoms with van der Waals surface area (Å²) in [5, 5.41) is 5.51. The molecule has 3 amide bonds. The highest BCUT2D eigenvalue weighted by atomic mass is 16.6. The van der Waals surface area contributed by atoms with Crippen molar-refractivity contribution in [3.63, 3.8) is 0 Å². The second kappa shape index (κ2) is 12.3. The number of hydrogen-bond acceptors (Lipinski definition) is 6. The third-order valence-corrected chi connectivity index (χ3v) is 5.43. The summed E-state index contributed by atoms with van der Waals surface area (Å²) in [7, 11) is 3.18. The summed E-state index contributed by atoms with van der Waals surface area (Å²) >= 11 is 0. The van der Waals surface area contributed by atoms with Crippen molar-refractivity contribution in [1.82, 2.24) is 15.5 Å². The van der Waals surface area contributed by atoms with Gasteiger partial charge in [-0.1, -0.05) is 6.07 Å². The van der Waals surface area contributed by atoms with E-state index in [0.717, 1.165) is 18.4 Å². The van der Waals surface area contributed by atoms with Crippen LogP contribution in [0.1, 0.15) is 45.6 Å². The molecule has 2 N–H and O–H groups in total. The highest BCUT2D eigenvalue weighted by Gasteiger charge is 2.24. The zero-order chi connectivity index (χ0) is 24.4. The van der Waals surface area contributed by atoms with Gasteiger partial charge < -0.3 is 29.7 Å². The lowest BCUT2D eigenvalue weighted by atomic mass is 9.96. The van der Waals surface area contributed by atoms with Gasteiger partial charge in [0.1, 0.15) is 12.1 Å². The minimum atomic E-state index is -0.600. The molecular formula is C24H37N3O6. The number of carbonyl (C=O) groups is 3. The topological polar surface area (TPSA) is 106 Å². The molecule has 2 rings (SSSR count). The van der Waals surface area contributed by atoms with Crippen LogP contribution in [0.25, 0.3) is 0 Å². The van der Waals surface area contributed by atoms with Crippen molar-refractivity contribution in [1.29, 1.82) is 0 Å². The fourth-order valence-corrected chi connectivity index (χ4v) is 3.60. The Morgan fingerprint density at radius 3 is 2.30 bits per heavy atom. The van der Waals surface area contributed by atoms with Crippen molar-refractivity contribution in [3.05, 3.63) is 23.8 Å². The lowest BCUT2D eigenvalue weighted by Crippen LogP contribution is -2.46. The fourth-order valence-electron chi connectivity index (χ4n) is 3.60. The summed E-state index contributed by atoms with van der Waals surface area (Å²) < 4.78 is 15.7. The molecule has 0 spiro atoms. The van der Waals surface area contributed by atoms with Gasteiger partial charge in [0.2, 0.25) is 11.8 Å². The molecule has 0 aliphatic carbocycles. The first kappa shape index (κ1) is 26.3. The van der Waals surface area contributed by atoms with Crippen molar-refractivity contribution in [2.75, 3.05) is 40.4 Å². The maximum Gasteiger partial charge on any atom is 0.408 e. The number of amides is 3. The Labute approximate surface area is 196 Å². The molecule has 1 heterocycles. The fraction of sp³-hybridized carbons (Fsp3) is 0.625. The number of piperidine rings is 1. The Hall–Kier alpha value is -2.97. The van der Waals surface area contributed by atoms with E-state index in [-0.39, 0.29) is 18.4 Å². The van der Waals surface area contributed by atoms with Crippen LogP contribution in [0.4, 0.5) is 4.79 Å². The monoisotopic (exact) mass is 463 g/mol. The number of ether oxygens (including phenoxy) is 3. The lowest BCUT2D eigenvalue weighted by Gasteiger charge is -2.32. The molecule has 33 heavy (non-hydrogen) atoms. The number of methoxy groups -OCH3 is 2. The maximum absolute atomic E-state index is 12.3. The second-order valence-corrected chi connectivity index (χ2v) is 9.17. The first-order chi connectivity index (χ1) is 15.6. The van der Waals surface area contributed by atoms with E-state index in [1.54, 1.807) is 39.9 Å². The number of benzene rings is 1. The number of rotatable bonds is 9. The van der Waals surface area contributed by atoms with E-state index in [1.165, 1.54) is 0 Å². The van der Waals surface area contributed by atoms with E-state index in [4.69, 9.17) is 14.2 Å². The van der Waals surface area contributed by atoms with Crippen LogP contribution in [0.5, 0.6) is 11.5 Å². The van der Waals surface area contributed by atoms with Gasteiger partial charge in [-0.2, -0.15) is 0 Å². The van der Waals surface area contributed by atoms with E-state index >= 15 is 0 Å². The van der Waals surface area contributed by atoms with Gasteiger partial charge in [0.15, 0.2) is 11.5 Å². The zero-order valence-electron chi connectivity index (χ0n) is 20.4. The highest BCUT2D eigenvalue weighted by molar-refractivity contribution is 5.82. The number of nitrogens with one attached hydrogen (secondary N) is 2. The Kier molecular flexibility index (Phi) is 9.81. The van der Waals surface area contributed by atoms with Crippen LogP contribution in [0, 0.1) is 5.92 Å². The minimum Gasteiger partial charge on any atom is -0.493 e. The van der Waals surface area contributed by atoms with Crippen molar-refractivity contribution >= 4 is 17.9 Å². The first-order valence-corrected chi connectivity index (χ1v) is 11.3.